The summed E-state index contributed by atoms with van der Waals surface area (Å²) in [6.45, 7) is -1.35. The Morgan fingerprint density at radius 1 is 0.933 bits per heavy atom. The van der Waals surface area contributed by atoms with Crippen molar-refractivity contribution in [2.24, 2.45) is 0 Å². The summed E-state index contributed by atoms with van der Waals surface area (Å²) in [5.41, 5.74) is 0. The van der Waals surface area contributed by atoms with Gasteiger partial charge in [-0.3, -0.25) is 5.26 Å². The smallest absolute Gasteiger partial charge is 0.316 e. The summed E-state index contributed by atoms with van der Waals surface area (Å²) in [4.78, 5) is 3.52. The van der Waals surface area contributed by atoms with E-state index in [4.69, 9.17) is 30.8 Å². The summed E-state index contributed by atoms with van der Waals surface area (Å²) in [5.74, 6) is 0. The van der Waals surface area contributed by atoms with Crippen LogP contribution in [-0.2, 0) is 4.89 Å². The minimum Gasteiger partial charge on any atom is -0.394 e. The van der Waals surface area contributed by atoms with Crippen molar-refractivity contribution < 1.29 is 35.7 Å². The van der Waals surface area contributed by atoms with Gasteiger partial charge in [-0.2, -0.15) is 0 Å². The van der Waals surface area contributed by atoms with E-state index in [1.807, 2.05) is 0 Å². The molecule has 0 saturated carbocycles. The lowest BCUT2D eigenvalue weighted by molar-refractivity contribution is -0.267. The fourth-order valence-electron chi connectivity index (χ4n) is 0.738. The average Bonchev–Trinajstić information content (AvgIpc) is 2.14. The van der Waals surface area contributed by atoms with Crippen LogP contribution in [0.4, 0.5) is 0 Å². The first kappa shape index (κ1) is 21.3. The van der Waals surface area contributed by atoms with Crippen LogP contribution in [0.15, 0.2) is 0 Å². The van der Waals surface area contributed by atoms with Crippen molar-refractivity contribution in [2.45, 2.75) is 24.4 Å². The molecule has 4 atom stereocenters. The number of aliphatic hydroxyl groups excluding tert-OH is 5. The van der Waals surface area contributed by atoms with Crippen molar-refractivity contribution in [3.63, 3.8) is 0 Å². The van der Waals surface area contributed by atoms with Gasteiger partial charge in [0.05, 0.1) is 6.61 Å². The predicted octanol–water partition coefficient (Wildman–Crippen LogP) is -4.39. The normalized spacial score (nSPS) is 18.0. The Labute approximate surface area is 114 Å². The highest BCUT2D eigenvalue weighted by molar-refractivity contribution is 5.76. The third kappa shape index (κ3) is 7.84. The summed E-state index contributed by atoms with van der Waals surface area (Å²) in [7, 11) is 0. The first-order chi connectivity index (χ1) is 6.04. The zero-order valence-corrected chi connectivity index (χ0v) is 8.55. The molecule has 87 valence electrons. The highest BCUT2D eigenvalue weighted by Crippen LogP contribution is 2.04. The maximum Gasteiger partial charge on any atom is 0.316 e. The van der Waals surface area contributed by atoms with Gasteiger partial charge in [-0.25, -0.2) is 4.89 Å². The standard InChI is InChI=1S/C6H14O7.Al.Mg.2H/c7-1-3(8)5(10)6(11)4(9)2-13-12;;;;/h3-12H,1-2H2;;;;/t3-,4-,5-,6-;;;;/m1..../s1. The van der Waals surface area contributed by atoms with E-state index in [1.165, 1.54) is 0 Å². The molecule has 7 nitrogen and oxygen atoms in total. The van der Waals surface area contributed by atoms with Crippen LogP contribution in [0.3, 0.4) is 0 Å². The zero-order valence-electron chi connectivity index (χ0n) is 7.39. The molecule has 0 aromatic carbocycles. The van der Waals surface area contributed by atoms with Gasteiger partial charge in [-0.05, 0) is 0 Å². The Balaban J connectivity index is -0.000000720. The van der Waals surface area contributed by atoms with Crippen molar-refractivity contribution in [3.8, 4) is 0 Å². The molecule has 9 heteroatoms. The molecule has 0 fully saturated rings. The summed E-state index contributed by atoms with van der Waals surface area (Å²) in [6.07, 6.45) is -6.49. The van der Waals surface area contributed by atoms with Crippen LogP contribution in [0, 0.1) is 0 Å². The van der Waals surface area contributed by atoms with Crippen molar-refractivity contribution >= 4 is 40.4 Å². The van der Waals surface area contributed by atoms with E-state index < -0.39 is 37.6 Å². The fourth-order valence-corrected chi connectivity index (χ4v) is 0.738. The van der Waals surface area contributed by atoms with Crippen molar-refractivity contribution in [2.75, 3.05) is 13.2 Å². The number of hydrogen-bond donors (Lipinski definition) is 6. The van der Waals surface area contributed by atoms with Crippen LogP contribution < -0.4 is 0 Å². The molecule has 0 aliphatic heterocycles. The van der Waals surface area contributed by atoms with Crippen LogP contribution in [0.2, 0.25) is 0 Å². The molecule has 15 heavy (non-hydrogen) atoms. The lowest BCUT2D eigenvalue weighted by Gasteiger charge is -2.24. The predicted molar refractivity (Wildman–Crippen MR) is 54.0 cm³/mol. The molecule has 0 aromatic rings. The molecular formula is C6H16AlMgO7. The Morgan fingerprint density at radius 3 is 1.67 bits per heavy atom. The second-order valence-electron chi connectivity index (χ2n) is 2.59. The van der Waals surface area contributed by atoms with E-state index in [1.54, 1.807) is 0 Å². The van der Waals surface area contributed by atoms with E-state index >= 15 is 0 Å². The third-order valence-electron chi connectivity index (χ3n) is 1.57. The average molecular weight is 251 g/mol. The summed E-state index contributed by atoms with van der Waals surface area (Å²) in [6, 6.07) is 0. The summed E-state index contributed by atoms with van der Waals surface area (Å²) >= 11 is 0. The van der Waals surface area contributed by atoms with Gasteiger partial charge in [0.25, 0.3) is 0 Å². The second-order valence-corrected chi connectivity index (χ2v) is 2.59. The molecule has 0 aromatic heterocycles. The van der Waals surface area contributed by atoms with Crippen LogP contribution >= 0.6 is 0 Å². The molecule has 0 bridgehead atoms. The third-order valence-corrected chi connectivity index (χ3v) is 1.57. The van der Waals surface area contributed by atoms with E-state index in [9.17, 15) is 0 Å². The Bertz CT molecular complexity index is 141. The van der Waals surface area contributed by atoms with E-state index in [2.05, 4.69) is 4.89 Å². The van der Waals surface area contributed by atoms with Crippen molar-refractivity contribution in [3.05, 3.63) is 0 Å². The maximum absolute atomic E-state index is 9.06. The van der Waals surface area contributed by atoms with E-state index in [0.29, 0.717) is 0 Å². The molecule has 0 unspecified atom stereocenters. The summed E-state index contributed by atoms with van der Waals surface area (Å²) in [5, 5.41) is 52.1. The molecule has 0 rings (SSSR count). The molecule has 0 aliphatic rings. The highest BCUT2D eigenvalue weighted by Gasteiger charge is 2.29. The minimum atomic E-state index is -1.70. The van der Waals surface area contributed by atoms with Gasteiger partial charge >= 0.3 is 23.1 Å². The molecule has 3 radical (unpaired) electrons. The number of hydrogen-bond acceptors (Lipinski definition) is 7. The van der Waals surface area contributed by atoms with Crippen molar-refractivity contribution in [1.29, 1.82) is 0 Å². The Hall–Kier alpha value is 1.02. The molecule has 6 N–H and O–H groups in total. The van der Waals surface area contributed by atoms with Gasteiger partial charge in [0.2, 0.25) is 0 Å². The van der Waals surface area contributed by atoms with E-state index in [0.717, 1.165) is 0 Å². The van der Waals surface area contributed by atoms with Crippen LogP contribution in [0.5, 0.6) is 0 Å². The van der Waals surface area contributed by atoms with Gasteiger partial charge in [-0.15, -0.1) is 0 Å². The molecule has 0 heterocycles. The van der Waals surface area contributed by atoms with E-state index in [-0.39, 0.29) is 40.4 Å². The quantitative estimate of drug-likeness (QED) is 0.160. The van der Waals surface area contributed by atoms with Gasteiger partial charge in [-0.1, -0.05) is 0 Å². The number of aliphatic hydroxyl groups is 5. The first-order valence-electron chi connectivity index (χ1n) is 3.64. The summed E-state index contributed by atoms with van der Waals surface area (Å²) < 4.78 is 0. The monoisotopic (exact) mass is 251 g/mol. The van der Waals surface area contributed by atoms with Gasteiger partial charge in [0.15, 0.2) is 0 Å². The molecular weight excluding hydrogens is 235 g/mol. The molecule has 0 aliphatic carbocycles. The zero-order chi connectivity index (χ0) is 10.4. The fraction of sp³-hybridized carbons (Fsp3) is 1.00. The Morgan fingerprint density at radius 2 is 1.33 bits per heavy atom. The second kappa shape index (κ2) is 11.5. The SMILES string of the molecule is OC[C@@H](O)[C@@H](O)[C@H](O)[C@H](O)COO.[Al].[MgH2]. The van der Waals surface area contributed by atoms with Crippen molar-refractivity contribution in [1.82, 2.24) is 0 Å². The lowest BCUT2D eigenvalue weighted by atomic mass is 10.0. The molecule has 0 amide bonds. The largest absolute Gasteiger partial charge is 0.394 e. The minimum absolute atomic E-state index is 0. The van der Waals surface area contributed by atoms with Crippen LogP contribution in [0.25, 0.3) is 0 Å². The Kier molecular flexibility index (Phi) is 16.3. The number of rotatable bonds is 6. The topological polar surface area (TPSA) is 131 Å². The van der Waals surface area contributed by atoms with Crippen LogP contribution in [-0.4, -0.2) is 109 Å². The maximum atomic E-state index is 9.06. The molecule has 0 spiro atoms. The highest BCUT2D eigenvalue weighted by atomic mass is 27.0. The van der Waals surface area contributed by atoms with Gasteiger partial charge in [0, 0.05) is 17.4 Å². The van der Waals surface area contributed by atoms with Gasteiger partial charge < -0.3 is 25.5 Å². The first-order valence-corrected chi connectivity index (χ1v) is 3.64. The molecule has 0 saturated heterocycles. The van der Waals surface area contributed by atoms with Crippen LogP contribution in [0.1, 0.15) is 0 Å². The van der Waals surface area contributed by atoms with Gasteiger partial charge in [0.1, 0.15) is 31.0 Å². The lowest BCUT2D eigenvalue weighted by Crippen LogP contribution is -2.47.